The number of nitrogens with zero attached hydrogens (tertiary/aromatic N) is 4. The number of esters is 1. The molecule has 0 amide bonds. The van der Waals surface area contributed by atoms with Crippen LogP contribution in [0.3, 0.4) is 0 Å². The van der Waals surface area contributed by atoms with Crippen LogP contribution in [0.5, 0.6) is 0 Å². The molecule has 4 aromatic rings. The number of aromatic amines is 1. The van der Waals surface area contributed by atoms with E-state index in [1.165, 1.54) is 7.11 Å². The van der Waals surface area contributed by atoms with Crippen molar-refractivity contribution in [1.29, 1.82) is 0 Å². The second-order valence-electron chi connectivity index (χ2n) is 5.48. The van der Waals surface area contributed by atoms with E-state index in [0.29, 0.717) is 12.2 Å². The first-order valence-electron chi connectivity index (χ1n) is 7.51. The summed E-state index contributed by atoms with van der Waals surface area (Å²) in [5, 5.41) is 0. The topological polar surface area (TPSA) is 85.7 Å². The monoisotopic (exact) mass is 321 g/mol. The first-order chi connectivity index (χ1) is 11.7. The fraction of sp³-hybridized carbons (Fsp3) is 0.176. The Labute approximate surface area is 137 Å². The number of aromatic nitrogens is 5. The van der Waals surface area contributed by atoms with E-state index in [9.17, 15) is 4.79 Å². The quantitative estimate of drug-likeness (QED) is 0.586. The molecule has 24 heavy (non-hydrogen) atoms. The summed E-state index contributed by atoms with van der Waals surface area (Å²) in [5.41, 5.74) is 3.55. The first-order valence-corrected chi connectivity index (χ1v) is 7.51. The minimum absolute atomic E-state index is 0.249. The van der Waals surface area contributed by atoms with Crippen molar-refractivity contribution < 1.29 is 9.53 Å². The molecule has 7 heteroatoms. The van der Waals surface area contributed by atoms with Gasteiger partial charge in [0.1, 0.15) is 11.6 Å². The van der Waals surface area contributed by atoms with Gasteiger partial charge in [-0.2, -0.15) is 0 Å². The van der Waals surface area contributed by atoms with Gasteiger partial charge in [-0.3, -0.25) is 0 Å². The highest BCUT2D eigenvalue weighted by Crippen LogP contribution is 2.18. The van der Waals surface area contributed by atoms with Crippen LogP contribution in [-0.4, -0.2) is 37.6 Å². The number of benzene rings is 1. The molecule has 7 nitrogen and oxygen atoms in total. The Balaban J connectivity index is 1.75. The SMILES string of the molecule is COC(=O)c1ccc2c(n1)nc(C)n2Cc1nc2ccccc2[nH]1. The van der Waals surface area contributed by atoms with Crippen LogP contribution in [0.4, 0.5) is 0 Å². The predicted octanol–water partition coefficient (Wildman–Crippen LogP) is 2.45. The summed E-state index contributed by atoms with van der Waals surface area (Å²) in [6.07, 6.45) is 0. The van der Waals surface area contributed by atoms with Crippen LogP contribution < -0.4 is 0 Å². The maximum absolute atomic E-state index is 11.6. The summed E-state index contributed by atoms with van der Waals surface area (Å²) in [5.74, 6) is 1.18. The van der Waals surface area contributed by atoms with Gasteiger partial charge in [0.2, 0.25) is 0 Å². The third-order valence-electron chi connectivity index (χ3n) is 3.94. The molecule has 0 aliphatic rings. The van der Waals surface area contributed by atoms with Crippen molar-refractivity contribution in [2.24, 2.45) is 0 Å². The van der Waals surface area contributed by atoms with E-state index in [0.717, 1.165) is 28.2 Å². The van der Waals surface area contributed by atoms with Gasteiger partial charge in [-0.05, 0) is 31.2 Å². The molecule has 3 heterocycles. The molecule has 1 N–H and O–H groups in total. The zero-order valence-electron chi connectivity index (χ0n) is 13.3. The van der Waals surface area contributed by atoms with Crippen LogP contribution in [0.1, 0.15) is 22.1 Å². The van der Waals surface area contributed by atoms with Crippen molar-refractivity contribution in [3.05, 3.63) is 53.7 Å². The summed E-state index contributed by atoms with van der Waals surface area (Å²) < 4.78 is 6.72. The fourth-order valence-electron chi connectivity index (χ4n) is 2.77. The highest BCUT2D eigenvalue weighted by Gasteiger charge is 2.14. The minimum Gasteiger partial charge on any atom is -0.464 e. The lowest BCUT2D eigenvalue weighted by Crippen LogP contribution is -2.05. The van der Waals surface area contributed by atoms with Gasteiger partial charge in [0.15, 0.2) is 11.3 Å². The van der Waals surface area contributed by atoms with E-state index in [-0.39, 0.29) is 5.69 Å². The minimum atomic E-state index is -0.471. The Morgan fingerprint density at radius 3 is 2.79 bits per heavy atom. The number of hydrogen-bond donors (Lipinski definition) is 1. The second-order valence-corrected chi connectivity index (χ2v) is 5.48. The van der Waals surface area contributed by atoms with E-state index in [1.807, 2.05) is 41.8 Å². The second kappa shape index (κ2) is 5.45. The molecule has 0 spiro atoms. The Bertz CT molecular complexity index is 1030. The number of H-pyrrole nitrogens is 1. The summed E-state index contributed by atoms with van der Waals surface area (Å²) in [6, 6.07) is 11.4. The number of imidazole rings is 2. The van der Waals surface area contributed by atoms with Gasteiger partial charge in [0.25, 0.3) is 0 Å². The number of fused-ring (bicyclic) bond motifs is 2. The lowest BCUT2D eigenvalue weighted by Gasteiger charge is -2.04. The fourth-order valence-corrected chi connectivity index (χ4v) is 2.77. The van der Waals surface area contributed by atoms with Crippen molar-refractivity contribution in [2.45, 2.75) is 13.5 Å². The third-order valence-corrected chi connectivity index (χ3v) is 3.94. The number of para-hydroxylation sites is 2. The average molecular weight is 321 g/mol. The molecule has 0 saturated heterocycles. The van der Waals surface area contributed by atoms with Crippen LogP contribution in [0.2, 0.25) is 0 Å². The number of methoxy groups -OCH3 is 1. The summed E-state index contributed by atoms with van der Waals surface area (Å²) in [4.78, 5) is 28.2. The van der Waals surface area contributed by atoms with Crippen molar-refractivity contribution in [3.63, 3.8) is 0 Å². The van der Waals surface area contributed by atoms with Gasteiger partial charge in [0.05, 0.1) is 30.2 Å². The van der Waals surface area contributed by atoms with E-state index < -0.39 is 5.97 Å². The van der Waals surface area contributed by atoms with Crippen LogP contribution >= 0.6 is 0 Å². The number of carbonyl (C=O) groups is 1. The molecule has 0 saturated carbocycles. The Morgan fingerprint density at radius 2 is 2.00 bits per heavy atom. The molecule has 0 aliphatic carbocycles. The Morgan fingerprint density at radius 1 is 1.17 bits per heavy atom. The summed E-state index contributed by atoms with van der Waals surface area (Å²) >= 11 is 0. The van der Waals surface area contributed by atoms with Gasteiger partial charge in [-0.1, -0.05) is 12.1 Å². The molecular formula is C17H15N5O2. The zero-order valence-corrected chi connectivity index (χ0v) is 13.3. The zero-order chi connectivity index (χ0) is 16.7. The summed E-state index contributed by atoms with van der Waals surface area (Å²) in [7, 11) is 1.33. The molecule has 0 fully saturated rings. The van der Waals surface area contributed by atoms with Crippen LogP contribution in [0.15, 0.2) is 36.4 Å². The molecule has 0 atom stereocenters. The highest BCUT2D eigenvalue weighted by atomic mass is 16.5. The van der Waals surface area contributed by atoms with Crippen molar-refractivity contribution >= 4 is 28.2 Å². The standard InChI is InChI=1S/C17H15N5O2/c1-10-18-16-14(8-7-13(21-16)17(23)24-2)22(10)9-15-19-11-5-3-4-6-12(11)20-15/h3-8H,9H2,1-2H3,(H,19,20). The molecule has 4 rings (SSSR count). The average Bonchev–Trinajstić information content (AvgIpc) is 3.14. The van der Waals surface area contributed by atoms with Crippen LogP contribution in [-0.2, 0) is 11.3 Å². The number of pyridine rings is 1. The number of nitrogens with one attached hydrogen (secondary N) is 1. The lowest BCUT2D eigenvalue weighted by atomic mass is 10.3. The van der Waals surface area contributed by atoms with Crippen molar-refractivity contribution in [1.82, 2.24) is 24.5 Å². The van der Waals surface area contributed by atoms with E-state index in [1.54, 1.807) is 6.07 Å². The number of carbonyl (C=O) groups excluding carboxylic acids is 1. The predicted molar refractivity (Wildman–Crippen MR) is 88.8 cm³/mol. The van der Waals surface area contributed by atoms with E-state index in [4.69, 9.17) is 4.74 Å². The largest absolute Gasteiger partial charge is 0.464 e. The molecule has 0 unspecified atom stereocenters. The maximum Gasteiger partial charge on any atom is 0.356 e. The van der Waals surface area contributed by atoms with E-state index in [2.05, 4.69) is 19.9 Å². The molecule has 1 aromatic carbocycles. The van der Waals surface area contributed by atoms with Gasteiger partial charge in [-0.15, -0.1) is 0 Å². The Hall–Kier alpha value is -3.22. The van der Waals surface area contributed by atoms with Crippen molar-refractivity contribution in [3.8, 4) is 0 Å². The molecule has 120 valence electrons. The number of ether oxygens (including phenoxy) is 1. The van der Waals surface area contributed by atoms with Gasteiger partial charge >= 0.3 is 5.97 Å². The number of hydrogen-bond acceptors (Lipinski definition) is 5. The molecule has 0 bridgehead atoms. The van der Waals surface area contributed by atoms with E-state index >= 15 is 0 Å². The smallest absolute Gasteiger partial charge is 0.356 e. The third kappa shape index (κ3) is 2.30. The highest BCUT2D eigenvalue weighted by molar-refractivity contribution is 5.89. The first kappa shape index (κ1) is 14.4. The van der Waals surface area contributed by atoms with Gasteiger partial charge < -0.3 is 14.3 Å². The number of rotatable bonds is 3. The lowest BCUT2D eigenvalue weighted by molar-refractivity contribution is 0.0594. The molecule has 3 aromatic heterocycles. The van der Waals surface area contributed by atoms with Crippen molar-refractivity contribution in [2.75, 3.05) is 7.11 Å². The molecule has 0 aliphatic heterocycles. The van der Waals surface area contributed by atoms with Crippen LogP contribution in [0.25, 0.3) is 22.2 Å². The number of aryl methyl sites for hydroxylation is 1. The molecular weight excluding hydrogens is 306 g/mol. The van der Waals surface area contributed by atoms with Crippen LogP contribution in [0, 0.1) is 6.92 Å². The van der Waals surface area contributed by atoms with Gasteiger partial charge in [0, 0.05) is 0 Å². The normalized spacial score (nSPS) is 11.2. The summed E-state index contributed by atoms with van der Waals surface area (Å²) in [6.45, 7) is 2.46. The molecule has 0 radical (unpaired) electrons. The Kier molecular flexibility index (Phi) is 3.26. The van der Waals surface area contributed by atoms with Gasteiger partial charge in [-0.25, -0.2) is 19.7 Å². The maximum atomic E-state index is 11.6.